The largest absolute Gasteiger partial charge is 0.378 e. The summed E-state index contributed by atoms with van der Waals surface area (Å²) in [6.07, 6.45) is 5.56. The van der Waals surface area contributed by atoms with Crippen molar-refractivity contribution in [1.29, 1.82) is 0 Å². The predicted molar refractivity (Wildman–Crippen MR) is 111 cm³/mol. The molecule has 140 valence electrons. The second-order valence-corrected chi connectivity index (χ2v) is 8.97. The molecule has 1 amide bonds. The molecule has 2 N–H and O–H groups in total. The summed E-state index contributed by atoms with van der Waals surface area (Å²) in [6, 6.07) is 14.3. The Balaban J connectivity index is 1.69. The monoisotopic (exact) mass is 380 g/mol. The first-order valence-corrected chi connectivity index (χ1v) is 9.85. The maximum atomic E-state index is 12.6. The van der Waals surface area contributed by atoms with Gasteiger partial charge in [0.15, 0.2) is 0 Å². The molecule has 0 saturated heterocycles. The Bertz CT molecular complexity index is 913. The van der Waals surface area contributed by atoms with Gasteiger partial charge in [-0.15, -0.1) is 0 Å². The number of benzene rings is 2. The molecule has 1 aliphatic heterocycles. The molecule has 0 saturated carbocycles. The van der Waals surface area contributed by atoms with Gasteiger partial charge < -0.3 is 10.6 Å². The van der Waals surface area contributed by atoms with E-state index in [9.17, 15) is 4.79 Å². The second kappa shape index (κ2) is 6.72. The highest BCUT2D eigenvalue weighted by Crippen LogP contribution is 2.50. The van der Waals surface area contributed by atoms with Crippen molar-refractivity contribution in [2.24, 2.45) is 5.92 Å². The van der Waals surface area contributed by atoms with E-state index in [1.165, 1.54) is 11.1 Å². The van der Waals surface area contributed by atoms with Crippen LogP contribution in [-0.4, -0.2) is 11.4 Å². The number of allylic oxidation sites excluding steroid dienone is 2. The molecular weight excluding hydrogens is 356 g/mol. The number of anilines is 1. The van der Waals surface area contributed by atoms with Gasteiger partial charge in [0.2, 0.25) is 0 Å². The van der Waals surface area contributed by atoms with Crippen LogP contribution < -0.4 is 10.6 Å². The molecule has 1 heterocycles. The standard InChI is InChI=1S/C23H25ClN2O/c1-23(2,3)26-22(27)15-10-11-20-19(13-15)17-8-5-9-18(17)21(25-20)14-6-4-7-16(24)12-14/h4-8,10-13,17-18,21,25H,9H2,1-3H3,(H,26,27). The van der Waals surface area contributed by atoms with Crippen molar-refractivity contribution in [2.45, 2.75) is 44.7 Å². The average molecular weight is 381 g/mol. The van der Waals surface area contributed by atoms with Gasteiger partial charge in [-0.05, 0) is 74.6 Å². The van der Waals surface area contributed by atoms with Gasteiger partial charge in [0.1, 0.15) is 0 Å². The highest BCUT2D eigenvalue weighted by atomic mass is 35.5. The number of nitrogens with one attached hydrogen (secondary N) is 2. The minimum Gasteiger partial charge on any atom is -0.378 e. The third kappa shape index (κ3) is 3.61. The Morgan fingerprint density at radius 2 is 2.00 bits per heavy atom. The molecule has 0 radical (unpaired) electrons. The molecule has 3 unspecified atom stereocenters. The van der Waals surface area contributed by atoms with Crippen LogP contribution in [0.1, 0.15) is 60.6 Å². The number of rotatable bonds is 2. The summed E-state index contributed by atoms with van der Waals surface area (Å²) in [5.74, 6) is 0.713. The van der Waals surface area contributed by atoms with Crippen LogP contribution in [0.5, 0.6) is 0 Å². The fraction of sp³-hybridized carbons (Fsp3) is 0.348. The zero-order valence-corrected chi connectivity index (χ0v) is 16.7. The van der Waals surface area contributed by atoms with E-state index in [4.69, 9.17) is 11.6 Å². The summed E-state index contributed by atoms with van der Waals surface area (Å²) in [4.78, 5) is 12.6. The molecule has 0 spiro atoms. The fourth-order valence-electron chi connectivity index (χ4n) is 4.18. The Hall–Kier alpha value is -2.26. The molecule has 27 heavy (non-hydrogen) atoms. The van der Waals surface area contributed by atoms with Crippen LogP contribution in [0.3, 0.4) is 0 Å². The molecule has 2 aromatic carbocycles. The Morgan fingerprint density at radius 1 is 1.19 bits per heavy atom. The lowest BCUT2D eigenvalue weighted by Gasteiger charge is -2.38. The number of carbonyl (C=O) groups is 1. The van der Waals surface area contributed by atoms with Crippen molar-refractivity contribution >= 4 is 23.2 Å². The molecule has 2 aromatic rings. The normalized spacial score (nSPS) is 23.3. The van der Waals surface area contributed by atoms with E-state index < -0.39 is 0 Å². The Kier molecular flexibility index (Phi) is 4.51. The van der Waals surface area contributed by atoms with Crippen LogP contribution in [0.2, 0.25) is 5.02 Å². The number of carbonyl (C=O) groups excluding carboxylic acids is 1. The quantitative estimate of drug-likeness (QED) is 0.656. The highest BCUT2D eigenvalue weighted by molar-refractivity contribution is 6.30. The van der Waals surface area contributed by atoms with Gasteiger partial charge >= 0.3 is 0 Å². The van der Waals surface area contributed by atoms with Crippen molar-refractivity contribution < 1.29 is 4.79 Å². The van der Waals surface area contributed by atoms with Crippen molar-refractivity contribution in [1.82, 2.24) is 5.32 Å². The molecule has 2 aliphatic rings. The fourth-order valence-corrected chi connectivity index (χ4v) is 4.38. The van der Waals surface area contributed by atoms with Crippen molar-refractivity contribution in [3.05, 3.63) is 76.3 Å². The Labute approximate surface area is 165 Å². The van der Waals surface area contributed by atoms with Crippen molar-refractivity contribution in [3.8, 4) is 0 Å². The number of fused-ring (bicyclic) bond motifs is 3. The molecule has 0 bridgehead atoms. The van der Waals surface area contributed by atoms with E-state index in [0.29, 0.717) is 17.4 Å². The first kappa shape index (κ1) is 18.1. The van der Waals surface area contributed by atoms with Gasteiger partial charge in [0, 0.05) is 27.7 Å². The van der Waals surface area contributed by atoms with Crippen LogP contribution in [0.15, 0.2) is 54.6 Å². The Morgan fingerprint density at radius 3 is 2.74 bits per heavy atom. The van der Waals surface area contributed by atoms with Crippen LogP contribution in [0.4, 0.5) is 5.69 Å². The van der Waals surface area contributed by atoms with Crippen LogP contribution in [0, 0.1) is 5.92 Å². The van der Waals surface area contributed by atoms with Gasteiger partial charge in [-0.2, -0.15) is 0 Å². The lowest BCUT2D eigenvalue weighted by Crippen LogP contribution is -2.40. The highest BCUT2D eigenvalue weighted by Gasteiger charge is 2.38. The molecule has 0 aromatic heterocycles. The molecule has 1 aliphatic carbocycles. The van der Waals surface area contributed by atoms with Gasteiger partial charge in [-0.25, -0.2) is 0 Å². The van der Waals surface area contributed by atoms with E-state index in [2.05, 4.69) is 28.9 Å². The minimum absolute atomic E-state index is 0.0270. The predicted octanol–water partition coefficient (Wildman–Crippen LogP) is 5.69. The molecule has 0 fully saturated rings. The number of hydrogen-bond acceptors (Lipinski definition) is 2. The van der Waals surface area contributed by atoms with Gasteiger partial charge in [0.25, 0.3) is 5.91 Å². The smallest absolute Gasteiger partial charge is 0.251 e. The third-order valence-electron chi connectivity index (χ3n) is 5.32. The van der Waals surface area contributed by atoms with Crippen LogP contribution in [0.25, 0.3) is 0 Å². The molecule has 4 heteroatoms. The summed E-state index contributed by atoms with van der Waals surface area (Å²) in [5, 5.41) is 7.51. The summed E-state index contributed by atoms with van der Waals surface area (Å²) in [6.45, 7) is 5.99. The summed E-state index contributed by atoms with van der Waals surface area (Å²) >= 11 is 6.23. The maximum absolute atomic E-state index is 12.6. The first-order valence-electron chi connectivity index (χ1n) is 9.47. The van der Waals surface area contributed by atoms with Crippen LogP contribution >= 0.6 is 11.6 Å². The number of amides is 1. The topological polar surface area (TPSA) is 41.1 Å². The first-order chi connectivity index (χ1) is 12.8. The van der Waals surface area contributed by atoms with Gasteiger partial charge in [-0.1, -0.05) is 35.9 Å². The zero-order valence-electron chi connectivity index (χ0n) is 15.9. The van der Waals surface area contributed by atoms with E-state index in [-0.39, 0.29) is 17.5 Å². The summed E-state index contributed by atoms with van der Waals surface area (Å²) in [7, 11) is 0. The summed E-state index contributed by atoms with van der Waals surface area (Å²) < 4.78 is 0. The van der Waals surface area contributed by atoms with E-state index in [1.54, 1.807) is 0 Å². The summed E-state index contributed by atoms with van der Waals surface area (Å²) in [5.41, 5.74) is 3.97. The van der Waals surface area contributed by atoms with E-state index >= 15 is 0 Å². The number of halogens is 1. The number of hydrogen-bond donors (Lipinski definition) is 2. The van der Waals surface area contributed by atoms with Gasteiger partial charge in [-0.3, -0.25) is 4.79 Å². The minimum atomic E-state index is -0.251. The lowest BCUT2D eigenvalue weighted by atomic mass is 9.76. The molecule has 3 atom stereocenters. The van der Waals surface area contributed by atoms with Gasteiger partial charge in [0.05, 0.1) is 6.04 Å². The third-order valence-corrected chi connectivity index (χ3v) is 5.56. The zero-order chi connectivity index (χ0) is 19.2. The maximum Gasteiger partial charge on any atom is 0.251 e. The second-order valence-electron chi connectivity index (χ2n) is 8.54. The molecular formula is C23H25ClN2O. The SMILES string of the molecule is CC(C)(C)NC(=O)c1ccc2c(c1)C1C=CCC1C(c1cccc(Cl)c1)N2. The van der Waals surface area contributed by atoms with Crippen molar-refractivity contribution in [2.75, 3.05) is 5.32 Å². The average Bonchev–Trinajstić information content (AvgIpc) is 3.09. The van der Waals surface area contributed by atoms with E-state index in [1.807, 2.05) is 57.2 Å². The van der Waals surface area contributed by atoms with E-state index in [0.717, 1.165) is 17.1 Å². The lowest BCUT2D eigenvalue weighted by molar-refractivity contribution is 0.0919. The van der Waals surface area contributed by atoms with Crippen molar-refractivity contribution in [3.63, 3.8) is 0 Å². The molecule has 3 nitrogen and oxygen atoms in total. The molecule has 4 rings (SSSR count). The van der Waals surface area contributed by atoms with Crippen LogP contribution in [-0.2, 0) is 0 Å².